The third-order valence-electron chi connectivity index (χ3n) is 2.88. The Morgan fingerprint density at radius 2 is 1.89 bits per heavy atom. The fourth-order valence-electron chi connectivity index (χ4n) is 1.89. The summed E-state index contributed by atoms with van der Waals surface area (Å²) >= 11 is 3.44. The van der Waals surface area contributed by atoms with E-state index in [1.54, 1.807) is 0 Å². The van der Waals surface area contributed by atoms with Crippen molar-refractivity contribution in [3.8, 4) is 22.8 Å². The van der Waals surface area contributed by atoms with Crippen LogP contribution >= 0.6 is 15.9 Å². The number of hydrogen-bond acceptors (Lipinski definition) is 3. The molecule has 19 heavy (non-hydrogen) atoms. The van der Waals surface area contributed by atoms with Crippen LogP contribution in [0.1, 0.15) is 5.56 Å². The molecule has 0 radical (unpaired) electrons. The topological polar surface area (TPSA) is 38.9 Å². The first-order valence-electron chi connectivity index (χ1n) is 5.90. The highest BCUT2D eigenvalue weighted by atomic mass is 79.9. The minimum absolute atomic E-state index is 0.549. The van der Waals surface area contributed by atoms with Crippen LogP contribution in [0.3, 0.4) is 0 Å². The van der Waals surface area contributed by atoms with Crippen molar-refractivity contribution in [2.45, 2.75) is 6.92 Å². The van der Waals surface area contributed by atoms with Crippen molar-refractivity contribution in [3.63, 3.8) is 0 Å². The van der Waals surface area contributed by atoms with Gasteiger partial charge in [0.05, 0.1) is 0 Å². The smallest absolute Gasteiger partial charge is 0.258 e. The number of aryl methyl sites for hydroxylation is 1. The Labute approximate surface area is 119 Å². The first kappa shape index (κ1) is 12.1. The standard InChI is InChI=1S/C15H11BrN2O/c1-10-5-2-3-8-13(10)15-17-14(18-19-15)11-6-4-7-12(16)9-11/h2-9H,1H3. The van der Waals surface area contributed by atoms with Crippen LogP contribution in [0.5, 0.6) is 0 Å². The van der Waals surface area contributed by atoms with Crippen molar-refractivity contribution in [2.24, 2.45) is 0 Å². The molecule has 4 heteroatoms. The summed E-state index contributed by atoms with van der Waals surface area (Å²) in [6.07, 6.45) is 0. The zero-order chi connectivity index (χ0) is 13.2. The third kappa shape index (κ3) is 2.44. The van der Waals surface area contributed by atoms with Crippen LogP contribution in [0.2, 0.25) is 0 Å². The van der Waals surface area contributed by atoms with E-state index < -0.39 is 0 Å². The summed E-state index contributed by atoms with van der Waals surface area (Å²) in [7, 11) is 0. The van der Waals surface area contributed by atoms with E-state index in [4.69, 9.17) is 4.52 Å². The molecule has 0 unspecified atom stereocenters. The lowest BCUT2D eigenvalue weighted by atomic mass is 10.1. The van der Waals surface area contributed by atoms with Crippen molar-refractivity contribution >= 4 is 15.9 Å². The Bertz CT molecular complexity index is 721. The highest BCUT2D eigenvalue weighted by Gasteiger charge is 2.12. The molecule has 0 spiro atoms. The molecule has 0 aliphatic heterocycles. The lowest BCUT2D eigenvalue weighted by Gasteiger charge is -1.98. The van der Waals surface area contributed by atoms with Gasteiger partial charge in [0.25, 0.3) is 5.89 Å². The van der Waals surface area contributed by atoms with Gasteiger partial charge in [-0.25, -0.2) is 0 Å². The monoisotopic (exact) mass is 314 g/mol. The molecule has 0 aliphatic carbocycles. The Kier molecular flexibility index (Phi) is 3.17. The van der Waals surface area contributed by atoms with Gasteiger partial charge >= 0.3 is 0 Å². The van der Waals surface area contributed by atoms with Gasteiger partial charge in [-0.1, -0.05) is 51.4 Å². The van der Waals surface area contributed by atoms with E-state index in [-0.39, 0.29) is 0 Å². The largest absolute Gasteiger partial charge is 0.334 e. The van der Waals surface area contributed by atoms with Gasteiger partial charge in [-0.15, -0.1) is 0 Å². The summed E-state index contributed by atoms with van der Waals surface area (Å²) in [6.45, 7) is 2.03. The normalized spacial score (nSPS) is 10.6. The molecule has 3 aromatic rings. The predicted octanol–water partition coefficient (Wildman–Crippen LogP) is 4.47. The maximum Gasteiger partial charge on any atom is 0.258 e. The first-order valence-corrected chi connectivity index (χ1v) is 6.69. The van der Waals surface area contributed by atoms with Crippen LogP contribution in [0.15, 0.2) is 57.5 Å². The fourth-order valence-corrected chi connectivity index (χ4v) is 2.29. The summed E-state index contributed by atoms with van der Waals surface area (Å²) < 4.78 is 6.34. The van der Waals surface area contributed by atoms with Crippen LogP contribution < -0.4 is 0 Å². The highest BCUT2D eigenvalue weighted by molar-refractivity contribution is 9.10. The molecular weight excluding hydrogens is 304 g/mol. The van der Waals surface area contributed by atoms with Crippen LogP contribution in [0.25, 0.3) is 22.8 Å². The minimum Gasteiger partial charge on any atom is -0.334 e. The quantitative estimate of drug-likeness (QED) is 0.700. The van der Waals surface area contributed by atoms with E-state index in [1.165, 1.54) is 0 Å². The maximum absolute atomic E-state index is 5.35. The zero-order valence-corrected chi connectivity index (χ0v) is 11.9. The highest BCUT2D eigenvalue weighted by Crippen LogP contribution is 2.25. The molecule has 0 N–H and O–H groups in total. The first-order chi connectivity index (χ1) is 9.24. The molecule has 0 atom stereocenters. The van der Waals surface area contributed by atoms with Gasteiger partial charge in [-0.2, -0.15) is 4.98 Å². The number of halogens is 1. The number of benzene rings is 2. The third-order valence-corrected chi connectivity index (χ3v) is 3.38. The summed E-state index contributed by atoms with van der Waals surface area (Å²) in [6, 6.07) is 15.8. The van der Waals surface area contributed by atoms with Gasteiger partial charge in [-0.05, 0) is 30.7 Å². The van der Waals surface area contributed by atoms with Crippen LogP contribution in [-0.4, -0.2) is 10.1 Å². The van der Waals surface area contributed by atoms with Gasteiger partial charge in [0.2, 0.25) is 5.82 Å². The van der Waals surface area contributed by atoms with Crippen molar-refractivity contribution in [1.82, 2.24) is 10.1 Å². The van der Waals surface area contributed by atoms with Crippen LogP contribution in [0, 0.1) is 6.92 Å². The van der Waals surface area contributed by atoms with Gasteiger partial charge in [-0.3, -0.25) is 0 Å². The number of rotatable bonds is 2. The Morgan fingerprint density at radius 3 is 2.68 bits per heavy atom. The summed E-state index contributed by atoms with van der Waals surface area (Å²) in [5.41, 5.74) is 3.01. The molecule has 2 aromatic carbocycles. The van der Waals surface area contributed by atoms with Crippen molar-refractivity contribution in [3.05, 3.63) is 58.6 Å². The van der Waals surface area contributed by atoms with E-state index >= 15 is 0 Å². The second kappa shape index (κ2) is 4.97. The average molecular weight is 315 g/mol. The molecule has 0 fully saturated rings. The van der Waals surface area contributed by atoms with E-state index in [0.717, 1.165) is 21.2 Å². The van der Waals surface area contributed by atoms with Crippen LogP contribution in [-0.2, 0) is 0 Å². The second-order valence-electron chi connectivity index (χ2n) is 4.25. The molecule has 0 saturated heterocycles. The van der Waals surface area contributed by atoms with Gasteiger partial charge in [0.15, 0.2) is 0 Å². The molecule has 1 aromatic heterocycles. The SMILES string of the molecule is Cc1ccccc1-c1nc(-c2cccc(Br)c2)no1. The molecule has 3 rings (SSSR count). The van der Waals surface area contributed by atoms with E-state index in [2.05, 4.69) is 26.1 Å². The predicted molar refractivity (Wildman–Crippen MR) is 77.6 cm³/mol. The second-order valence-corrected chi connectivity index (χ2v) is 5.16. The van der Waals surface area contributed by atoms with Gasteiger partial charge in [0.1, 0.15) is 0 Å². The van der Waals surface area contributed by atoms with E-state index in [0.29, 0.717) is 11.7 Å². The number of aromatic nitrogens is 2. The molecule has 3 nitrogen and oxygen atoms in total. The van der Waals surface area contributed by atoms with Crippen LogP contribution in [0.4, 0.5) is 0 Å². The van der Waals surface area contributed by atoms with Crippen molar-refractivity contribution in [2.75, 3.05) is 0 Å². The Balaban J connectivity index is 2.03. The van der Waals surface area contributed by atoms with E-state index in [9.17, 15) is 0 Å². The van der Waals surface area contributed by atoms with Gasteiger partial charge in [0, 0.05) is 15.6 Å². The Hall–Kier alpha value is -1.94. The fraction of sp³-hybridized carbons (Fsp3) is 0.0667. The van der Waals surface area contributed by atoms with Crippen molar-refractivity contribution < 1.29 is 4.52 Å². The molecule has 94 valence electrons. The Morgan fingerprint density at radius 1 is 1.05 bits per heavy atom. The molecule has 0 bridgehead atoms. The van der Waals surface area contributed by atoms with Crippen molar-refractivity contribution in [1.29, 1.82) is 0 Å². The maximum atomic E-state index is 5.35. The number of nitrogens with zero attached hydrogens (tertiary/aromatic N) is 2. The minimum atomic E-state index is 0.549. The molecular formula is C15H11BrN2O. The number of hydrogen-bond donors (Lipinski definition) is 0. The lowest BCUT2D eigenvalue weighted by molar-refractivity contribution is 0.432. The average Bonchev–Trinajstić information content (AvgIpc) is 2.89. The summed E-state index contributed by atoms with van der Waals surface area (Å²) in [5.74, 6) is 1.15. The molecule has 0 saturated carbocycles. The summed E-state index contributed by atoms with van der Waals surface area (Å²) in [4.78, 5) is 4.45. The van der Waals surface area contributed by atoms with Gasteiger partial charge < -0.3 is 4.52 Å². The molecule has 0 amide bonds. The lowest BCUT2D eigenvalue weighted by Crippen LogP contribution is -1.83. The zero-order valence-electron chi connectivity index (χ0n) is 10.3. The molecule has 1 heterocycles. The molecule has 0 aliphatic rings. The van der Waals surface area contributed by atoms with E-state index in [1.807, 2.05) is 55.5 Å². The summed E-state index contributed by atoms with van der Waals surface area (Å²) in [5, 5.41) is 4.04.